The minimum Gasteiger partial charge on any atom is -0.370 e. The van der Waals surface area contributed by atoms with Crippen molar-refractivity contribution in [3.8, 4) is 0 Å². The van der Waals surface area contributed by atoms with Gasteiger partial charge in [-0.3, -0.25) is 34.3 Å². The molecule has 304 valence electrons. The number of carbonyl (C=O) groups is 4. The number of piperazine rings is 1. The zero-order valence-electron chi connectivity index (χ0n) is 33.1. The summed E-state index contributed by atoms with van der Waals surface area (Å²) in [6.45, 7) is 5.84. The highest BCUT2D eigenvalue weighted by atomic mass is 19.1. The molecule has 7 heterocycles. The highest BCUT2D eigenvalue weighted by Gasteiger charge is 2.41. The summed E-state index contributed by atoms with van der Waals surface area (Å²) in [6.07, 6.45) is 10.5. The van der Waals surface area contributed by atoms with E-state index >= 15 is 4.39 Å². The smallest absolute Gasteiger partial charge is 0.270 e. The van der Waals surface area contributed by atoms with Gasteiger partial charge >= 0.3 is 0 Å². The Morgan fingerprint density at radius 2 is 1.69 bits per heavy atom. The molecule has 9 rings (SSSR count). The number of nitrogens with one attached hydrogen (secondary N) is 2. The van der Waals surface area contributed by atoms with Gasteiger partial charge in [-0.2, -0.15) is 4.98 Å². The molecule has 3 aromatic heterocycles. The number of aromatic nitrogens is 4. The van der Waals surface area contributed by atoms with E-state index in [1.54, 1.807) is 37.3 Å². The van der Waals surface area contributed by atoms with Gasteiger partial charge in [-0.05, 0) is 56.4 Å². The van der Waals surface area contributed by atoms with Crippen molar-refractivity contribution in [2.45, 2.75) is 82.6 Å². The summed E-state index contributed by atoms with van der Waals surface area (Å²) in [5.41, 5.74) is 3.69. The van der Waals surface area contributed by atoms with Gasteiger partial charge in [-0.15, -0.1) is 0 Å². The van der Waals surface area contributed by atoms with Crippen LogP contribution in [0.1, 0.15) is 89.4 Å². The van der Waals surface area contributed by atoms with E-state index in [-0.39, 0.29) is 49.0 Å². The number of benzene rings is 1. The van der Waals surface area contributed by atoms with Gasteiger partial charge in [0.15, 0.2) is 0 Å². The van der Waals surface area contributed by atoms with Crippen molar-refractivity contribution in [1.29, 1.82) is 0 Å². The van der Waals surface area contributed by atoms with Crippen LogP contribution < -0.4 is 15.5 Å². The molecule has 4 aliphatic heterocycles. The van der Waals surface area contributed by atoms with Crippen LogP contribution in [0.5, 0.6) is 0 Å². The number of anilines is 3. The Morgan fingerprint density at radius 1 is 0.914 bits per heavy atom. The van der Waals surface area contributed by atoms with Crippen LogP contribution in [0.3, 0.4) is 0 Å². The van der Waals surface area contributed by atoms with Gasteiger partial charge in [0, 0.05) is 107 Å². The fourth-order valence-electron chi connectivity index (χ4n) is 9.55. The lowest BCUT2D eigenvalue weighted by Crippen LogP contribution is -2.53. The number of hydrogen-bond acceptors (Lipinski definition) is 11. The quantitative estimate of drug-likeness (QED) is 0.236. The van der Waals surface area contributed by atoms with Crippen molar-refractivity contribution in [1.82, 2.24) is 44.4 Å². The van der Waals surface area contributed by atoms with Gasteiger partial charge in [0.2, 0.25) is 17.8 Å². The van der Waals surface area contributed by atoms with Gasteiger partial charge < -0.3 is 24.6 Å². The van der Waals surface area contributed by atoms with E-state index < -0.39 is 11.9 Å². The maximum absolute atomic E-state index is 15.8. The zero-order valence-corrected chi connectivity index (χ0v) is 33.1. The second-order valence-electron chi connectivity index (χ2n) is 16.5. The Morgan fingerprint density at radius 3 is 2.40 bits per heavy atom. The van der Waals surface area contributed by atoms with Crippen LogP contribution in [0.25, 0.3) is 11.0 Å². The summed E-state index contributed by atoms with van der Waals surface area (Å²) < 4.78 is 17.9. The predicted molar refractivity (Wildman–Crippen MR) is 215 cm³/mol. The lowest BCUT2D eigenvalue weighted by atomic mass is 10.0. The number of rotatable bonds is 9. The number of imide groups is 1. The molecule has 3 saturated heterocycles. The Labute approximate surface area is 336 Å². The Bertz CT molecular complexity index is 2240. The van der Waals surface area contributed by atoms with E-state index in [9.17, 15) is 19.2 Å². The molecule has 4 aromatic rings. The molecule has 0 bridgehead atoms. The average Bonchev–Trinajstić information content (AvgIpc) is 3.97. The predicted octanol–water partition coefficient (Wildman–Crippen LogP) is 4.07. The van der Waals surface area contributed by atoms with Crippen LogP contribution in [0, 0.1) is 5.82 Å². The molecule has 1 aromatic carbocycles. The molecule has 4 amide bonds. The summed E-state index contributed by atoms with van der Waals surface area (Å²) in [5.74, 6) is -0.511. The second kappa shape index (κ2) is 15.7. The van der Waals surface area contributed by atoms with E-state index in [4.69, 9.17) is 9.97 Å². The molecule has 58 heavy (non-hydrogen) atoms. The molecular weight excluding hydrogens is 742 g/mol. The van der Waals surface area contributed by atoms with Crippen LogP contribution in [-0.4, -0.2) is 128 Å². The standard InChI is InChI=1S/C42H50FN11O4/c1-49(2)41(58)34-21-27-22-45-42(48-38(27)54(34)29-5-3-4-6-29)46-35-11-8-30(23-44-35)51-15-13-28(14-16-51)52-19-17-50(18-20-52)24-26-7-9-31-32(37(26)43)25-53(40(31)57)33-10-12-36(55)47-39(33)56/h7-9,11,21-23,28-29,33H,3-6,10,12-20,24-25H2,1-2H3,(H,47,55,56)(H,44,45,46,48). The van der Waals surface area contributed by atoms with Gasteiger partial charge in [-0.25, -0.2) is 14.4 Å². The normalized spacial score (nSPS) is 21.2. The number of carbonyl (C=O) groups excluding carboxylic acids is 4. The largest absolute Gasteiger partial charge is 0.370 e. The lowest BCUT2D eigenvalue weighted by molar-refractivity contribution is -0.136. The van der Waals surface area contributed by atoms with E-state index in [0.717, 1.165) is 94.5 Å². The molecule has 1 aliphatic carbocycles. The summed E-state index contributed by atoms with van der Waals surface area (Å²) in [4.78, 5) is 74.6. The Kier molecular flexibility index (Phi) is 10.3. The van der Waals surface area contributed by atoms with Crippen LogP contribution in [0.4, 0.5) is 21.8 Å². The van der Waals surface area contributed by atoms with E-state index in [1.807, 2.05) is 18.3 Å². The van der Waals surface area contributed by atoms with Crippen LogP contribution >= 0.6 is 0 Å². The number of hydrogen-bond donors (Lipinski definition) is 2. The fraction of sp³-hybridized carbons (Fsp3) is 0.500. The first-order chi connectivity index (χ1) is 28.1. The molecule has 16 heteroatoms. The molecular formula is C42H50FN11O4. The van der Waals surface area contributed by atoms with Crippen molar-refractivity contribution >= 4 is 52.1 Å². The second-order valence-corrected chi connectivity index (χ2v) is 16.5. The van der Waals surface area contributed by atoms with Crippen LogP contribution in [0.2, 0.25) is 0 Å². The highest BCUT2D eigenvalue weighted by molar-refractivity contribution is 6.05. The number of fused-ring (bicyclic) bond motifs is 2. The van der Waals surface area contributed by atoms with Gasteiger partial charge in [0.05, 0.1) is 18.4 Å². The zero-order chi connectivity index (χ0) is 40.1. The molecule has 4 fully saturated rings. The SMILES string of the molecule is CN(C)C(=O)c1cc2cnc(Nc3ccc(N4CCC(N5CCN(Cc6ccc7c(c6F)CN(C6CCC(=O)NC6=O)C7=O)CC5)CC4)cn3)nc2n1C1CCCC1. The van der Waals surface area contributed by atoms with Crippen molar-refractivity contribution < 1.29 is 23.6 Å². The third kappa shape index (κ3) is 7.27. The van der Waals surface area contributed by atoms with Gasteiger partial charge in [0.25, 0.3) is 11.8 Å². The summed E-state index contributed by atoms with van der Waals surface area (Å²) in [6, 6.07) is 9.30. The molecule has 2 N–H and O–H groups in total. The number of amides is 4. The van der Waals surface area contributed by atoms with E-state index in [2.05, 4.69) is 41.0 Å². The molecule has 1 saturated carbocycles. The molecule has 5 aliphatic rings. The number of halogens is 1. The molecule has 1 unspecified atom stereocenters. The van der Waals surface area contributed by atoms with Crippen molar-refractivity contribution in [3.63, 3.8) is 0 Å². The average molecular weight is 792 g/mol. The molecule has 0 radical (unpaired) electrons. The number of nitrogens with zero attached hydrogens (tertiary/aromatic N) is 9. The maximum Gasteiger partial charge on any atom is 0.270 e. The van der Waals surface area contributed by atoms with E-state index in [1.165, 1.54) is 4.90 Å². The third-order valence-corrected chi connectivity index (χ3v) is 12.8. The Hall–Kier alpha value is -5.48. The van der Waals surface area contributed by atoms with E-state index in [0.29, 0.717) is 46.7 Å². The van der Waals surface area contributed by atoms with Crippen molar-refractivity contribution in [2.24, 2.45) is 0 Å². The fourth-order valence-corrected chi connectivity index (χ4v) is 9.55. The van der Waals surface area contributed by atoms with Gasteiger partial charge in [0.1, 0.15) is 29.0 Å². The highest BCUT2D eigenvalue weighted by Crippen LogP contribution is 2.36. The van der Waals surface area contributed by atoms with Gasteiger partial charge in [-0.1, -0.05) is 18.9 Å². The van der Waals surface area contributed by atoms with Crippen molar-refractivity contribution in [3.05, 3.63) is 70.9 Å². The molecule has 1 atom stereocenters. The molecule has 15 nitrogen and oxygen atoms in total. The first kappa shape index (κ1) is 38.1. The third-order valence-electron chi connectivity index (χ3n) is 12.8. The van der Waals surface area contributed by atoms with Crippen LogP contribution in [-0.2, 0) is 22.7 Å². The topological polar surface area (TPSA) is 152 Å². The minimum absolute atomic E-state index is 0.0337. The van der Waals surface area contributed by atoms with Crippen molar-refractivity contribution in [2.75, 3.05) is 63.6 Å². The summed E-state index contributed by atoms with van der Waals surface area (Å²) in [5, 5.41) is 6.43. The number of piperidine rings is 2. The minimum atomic E-state index is -0.763. The first-order valence-electron chi connectivity index (χ1n) is 20.6. The summed E-state index contributed by atoms with van der Waals surface area (Å²) >= 11 is 0. The first-order valence-corrected chi connectivity index (χ1v) is 20.6. The monoisotopic (exact) mass is 791 g/mol. The summed E-state index contributed by atoms with van der Waals surface area (Å²) in [7, 11) is 3.55. The molecule has 0 spiro atoms. The lowest BCUT2D eigenvalue weighted by Gasteiger charge is -2.43. The van der Waals surface area contributed by atoms with Crippen LogP contribution in [0.15, 0.2) is 42.7 Å². The Balaban J connectivity index is 0.765. The number of pyridine rings is 1. The maximum atomic E-state index is 15.8.